The second kappa shape index (κ2) is 7.25. The third kappa shape index (κ3) is 3.94. The van der Waals surface area contributed by atoms with E-state index in [1.165, 1.54) is 0 Å². The Morgan fingerprint density at radius 3 is 2.60 bits per heavy atom. The van der Waals surface area contributed by atoms with E-state index in [-0.39, 0.29) is 0 Å². The number of nitrogen functional groups attached to an aromatic ring is 1. The van der Waals surface area contributed by atoms with E-state index in [9.17, 15) is 0 Å². The summed E-state index contributed by atoms with van der Waals surface area (Å²) in [6.07, 6.45) is 3.79. The molecule has 1 fully saturated rings. The number of hydrazine groups is 1. The highest BCUT2D eigenvalue weighted by atomic mass is 15.5. The van der Waals surface area contributed by atoms with Crippen LogP contribution in [0.5, 0.6) is 0 Å². The maximum atomic E-state index is 6.12. The average molecular weight is 279 g/mol. The first-order valence-corrected chi connectivity index (χ1v) is 7.25. The summed E-state index contributed by atoms with van der Waals surface area (Å²) in [4.78, 5) is 10.7. The second-order valence-electron chi connectivity index (χ2n) is 5.17. The third-order valence-corrected chi connectivity index (χ3v) is 3.47. The predicted octanol–water partition coefficient (Wildman–Crippen LogP) is 0.845. The van der Waals surface area contributed by atoms with Gasteiger partial charge in [0.1, 0.15) is 12.0 Å². The Bertz CT molecular complexity index is 415. The van der Waals surface area contributed by atoms with Gasteiger partial charge in [0.15, 0.2) is 11.6 Å². The molecule has 2 rings (SSSR count). The Labute approximate surface area is 120 Å². The van der Waals surface area contributed by atoms with Crippen LogP contribution in [0.4, 0.5) is 17.3 Å². The van der Waals surface area contributed by atoms with Crippen molar-refractivity contribution >= 4 is 17.3 Å². The molecule has 0 aliphatic carbocycles. The molecule has 20 heavy (non-hydrogen) atoms. The zero-order valence-corrected chi connectivity index (χ0v) is 12.4. The summed E-state index contributed by atoms with van der Waals surface area (Å²) in [6, 6.07) is 0. The topological polar surface area (TPSA) is 82.3 Å². The molecule has 0 bridgehead atoms. The number of likely N-dealkylation sites (N-methyl/N-ethyl adjacent to an activating group) is 1. The van der Waals surface area contributed by atoms with Crippen LogP contribution in [0.1, 0.15) is 19.8 Å². The van der Waals surface area contributed by atoms with E-state index in [4.69, 9.17) is 5.73 Å². The number of aromatic nitrogens is 2. The van der Waals surface area contributed by atoms with Crippen molar-refractivity contribution in [2.24, 2.45) is 0 Å². The minimum absolute atomic E-state index is 0.586. The Morgan fingerprint density at radius 2 is 1.90 bits per heavy atom. The Kier molecular flexibility index (Phi) is 5.37. The summed E-state index contributed by atoms with van der Waals surface area (Å²) in [7, 11) is 2.13. The van der Waals surface area contributed by atoms with Gasteiger partial charge >= 0.3 is 0 Å². The van der Waals surface area contributed by atoms with E-state index >= 15 is 0 Å². The van der Waals surface area contributed by atoms with Gasteiger partial charge in [-0.3, -0.25) is 0 Å². The van der Waals surface area contributed by atoms with E-state index < -0.39 is 0 Å². The number of nitrogens with zero attached hydrogens (tertiary/aromatic N) is 4. The number of rotatable bonds is 6. The number of nitrogens with two attached hydrogens (primary N) is 1. The number of piperazine rings is 1. The lowest BCUT2D eigenvalue weighted by Crippen LogP contribution is -2.47. The molecule has 1 aromatic heterocycles. The largest absolute Gasteiger partial charge is 0.393 e. The summed E-state index contributed by atoms with van der Waals surface area (Å²) in [6.45, 7) is 7.04. The first-order chi connectivity index (χ1) is 9.70. The molecular weight excluding hydrogens is 254 g/mol. The highest BCUT2D eigenvalue weighted by molar-refractivity contribution is 5.73. The van der Waals surface area contributed by atoms with Gasteiger partial charge < -0.3 is 21.4 Å². The van der Waals surface area contributed by atoms with Gasteiger partial charge in [-0.15, -0.1) is 0 Å². The molecule has 1 aliphatic heterocycles. The number of unbranched alkanes of at least 4 members (excludes halogenated alkanes) is 1. The highest BCUT2D eigenvalue weighted by Crippen LogP contribution is 2.23. The molecule has 0 spiro atoms. The maximum Gasteiger partial charge on any atom is 0.169 e. The fourth-order valence-corrected chi connectivity index (χ4v) is 2.08. The first kappa shape index (κ1) is 14.8. The molecule has 4 N–H and O–H groups in total. The van der Waals surface area contributed by atoms with Crippen LogP contribution in [-0.4, -0.2) is 59.6 Å². The normalized spacial score (nSPS) is 17.1. The molecule has 1 aliphatic rings. The molecule has 112 valence electrons. The molecule has 1 saturated heterocycles. The molecule has 0 atom stereocenters. The Morgan fingerprint density at radius 1 is 1.20 bits per heavy atom. The fourth-order valence-electron chi connectivity index (χ4n) is 2.08. The van der Waals surface area contributed by atoms with Crippen molar-refractivity contribution in [3.63, 3.8) is 0 Å². The number of anilines is 3. The molecular formula is C13H25N7. The smallest absolute Gasteiger partial charge is 0.169 e. The summed E-state index contributed by atoms with van der Waals surface area (Å²) in [5, 5.41) is 5.40. The molecule has 7 heteroatoms. The minimum Gasteiger partial charge on any atom is -0.393 e. The van der Waals surface area contributed by atoms with Crippen LogP contribution >= 0.6 is 0 Å². The summed E-state index contributed by atoms with van der Waals surface area (Å²) in [5.41, 5.74) is 10.00. The molecule has 0 saturated carbocycles. The van der Waals surface area contributed by atoms with Crippen molar-refractivity contribution in [1.29, 1.82) is 0 Å². The van der Waals surface area contributed by atoms with Gasteiger partial charge in [-0.1, -0.05) is 13.3 Å². The zero-order valence-electron chi connectivity index (χ0n) is 12.4. The van der Waals surface area contributed by atoms with Gasteiger partial charge in [0, 0.05) is 32.7 Å². The zero-order chi connectivity index (χ0) is 14.4. The van der Waals surface area contributed by atoms with Crippen molar-refractivity contribution in [2.75, 3.05) is 56.2 Å². The lowest BCUT2D eigenvalue weighted by atomic mass is 10.3. The third-order valence-electron chi connectivity index (χ3n) is 3.47. The van der Waals surface area contributed by atoms with E-state index in [2.05, 4.69) is 44.6 Å². The highest BCUT2D eigenvalue weighted by Gasteiger charge is 2.16. The molecule has 0 amide bonds. The first-order valence-electron chi connectivity index (χ1n) is 7.25. The predicted molar refractivity (Wildman–Crippen MR) is 82.5 cm³/mol. The van der Waals surface area contributed by atoms with Crippen LogP contribution < -0.4 is 16.5 Å². The van der Waals surface area contributed by atoms with Gasteiger partial charge in [-0.25, -0.2) is 15.0 Å². The summed E-state index contributed by atoms with van der Waals surface area (Å²) < 4.78 is 0. The van der Waals surface area contributed by atoms with Gasteiger partial charge in [0.2, 0.25) is 0 Å². The molecule has 0 unspecified atom stereocenters. The number of hydrogen-bond donors (Lipinski definition) is 3. The van der Waals surface area contributed by atoms with Gasteiger partial charge in [-0.05, 0) is 13.5 Å². The van der Waals surface area contributed by atoms with Gasteiger partial charge in [0.25, 0.3) is 0 Å². The standard InChI is InChI=1S/C13H25N7/c1-3-4-5-15-12-11(14)13(17-10-16-12)18-20-8-6-19(2)7-9-20/h10H,3-9,14H2,1-2H3,(H2,15,16,17,18). The monoisotopic (exact) mass is 279 g/mol. The lowest BCUT2D eigenvalue weighted by Gasteiger charge is -2.32. The van der Waals surface area contributed by atoms with Crippen LogP contribution in [0.2, 0.25) is 0 Å². The van der Waals surface area contributed by atoms with E-state index in [0.29, 0.717) is 17.3 Å². The average Bonchev–Trinajstić information content (AvgIpc) is 2.45. The molecule has 1 aromatic rings. The van der Waals surface area contributed by atoms with E-state index in [1.54, 1.807) is 6.33 Å². The van der Waals surface area contributed by atoms with Crippen LogP contribution in [0.3, 0.4) is 0 Å². The van der Waals surface area contributed by atoms with E-state index in [0.717, 1.165) is 45.6 Å². The number of hydrogen-bond acceptors (Lipinski definition) is 7. The van der Waals surface area contributed by atoms with Crippen LogP contribution in [0.15, 0.2) is 6.33 Å². The van der Waals surface area contributed by atoms with Crippen LogP contribution in [0.25, 0.3) is 0 Å². The molecule has 2 heterocycles. The van der Waals surface area contributed by atoms with Crippen molar-refractivity contribution < 1.29 is 0 Å². The quantitative estimate of drug-likeness (QED) is 0.666. The SMILES string of the molecule is CCCCNc1ncnc(NN2CCN(C)CC2)c1N. The number of nitrogens with one attached hydrogen (secondary N) is 2. The summed E-state index contributed by atoms with van der Waals surface area (Å²) in [5.74, 6) is 1.40. The molecule has 0 aromatic carbocycles. The fraction of sp³-hybridized carbons (Fsp3) is 0.692. The van der Waals surface area contributed by atoms with E-state index in [1.807, 2.05) is 0 Å². The van der Waals surface area contributed by atoms with Crippen LogP contribution in [-0.2, 0) is 0 Å². The lowest BCUT2D eigenvalue weighted by molar-refractivity contribution is 0.178. The molecule has 7 nitrogen and oxygen atoms in total. The van der Waals surface area contributed by atoms with Crippen molar-refractivity contribution in [3.05, 3.63) is 6.33 Å². The Hall–Kier alpha value is -1.60. The minimum atomic E-state index is 0.586. The Balaban J connectivity index is 1.95. The molecule has 0 radical (unpaired) electrons. The summed E-state index contributed by atoms with van der Waals surface area (Å²) >= 11 is 0. The van der Waals surface area contributed by atoms with Crippen molar-refractivity contribution in [2.45, 2.75) is 19.8 Å². The van der Waals surface area contributed by atoms with Gasteiger partial charge in [0.05, 0.1) is 0 Å². The maximum absolute atomic E-state index is 6.12. The van der Waals surface area contributed by atoms with Crippen molar-refractivity contribution in [1.82, 2.24) is 19.9 Å². The van der Waals surface area contributed by atoms with Crippen molar-refractivity contribution in [3.8, 4) is 0 Å². The van der Waals surface area contributed by atoms with Gasteiger partial charge in [-0.2, -0.15) is 0 Å². The van der Waals surface area contributed by atoms with Crippen LogP contribution in [0, 0.1) is 0 Å². The second-order valence-corrected chi connectivity index (χ2v) is 5.17.